The molecule has 0 rings (SSSR count). The van der Waals surface area contributed by atoms with Crippen LogP contribution >= 0.6 is 16.5 Å². The van der Waals surface area contributed by atoms with Crippen LogP contribution in [0.2, 0.25) is 0 Å². The Morgan fingerprint density at radius 3 is 1.44 bits per heavy atom. The van der Waals surface area contributed by atoms with Gasteiger partial charge in [-0.05, 0) is 42.2 Å². The van der Waals surface area contributed by atoms with Gasteiger partial charge in [-0.25, -0.2) is 0 Å². The molecule has 0 nitrogen and oxygen atoms in total. The van der Waals surface area contributed by atoms with Crippen LogP contribution in [0.5, 0.6) is 0 Å². The molecule has 0 N–H and O–H groups in total. The zero-order chi connectivity index (χ0) is 13.3. The minimum atomic E-state index is 1.27. The predicted molar refractivity (Wildman–Crippen MR) is 89.6 cm³/mol. The fraction of sp³-hybridized carbons (Fsp3) is 0.750. The van der Waals surface area contributed by atoms with Crippen molar-refractivity contribution in [1.29, 1.82) is 0 Å². The van der Waals surface area contributed by atoms with Crippen LogP contribution in [-0.4, -0.2) is 0 Å². The smallest absolute Gasteiger partial charge is 0.0146 e. The van der Waals surface area contributed by atoms with E-state index in [2.05, 4.69) is 37.6 Å². The first-order valence-corrected chi connectivity index (χ1v) is 10.2. The van der Waals surface area contributed by atoms with E-state index < -0.39 is 0 Å². The molecule has 0 heterocycles. The summed E-state index contributed by atoms with van der Waals surface area (Å²) in [4.78, 5) is 0. The van der Waals surface area contributed by atoms with Crippen molar-refractivity contribution in [3.8, 4) is 0 Å². The lowest BCUT2D eigenvalue weighted by Gasteiger charge is -1.94. The maximum absolute atomic E-state index is 2.35. The number of unbranched alkanes of at least 4 members (excludes halogenated alkanes) is 8. The van der Waals surface area contributed by atoms with E-state index in [-0.39, 0.29) is 0 Å². The molecule has 0 spiro atoms. The highest BCUT2D eigenvalue weighted by Crippen LogP contribution is 2.39. The number of hydrogen-bond donors (Lipinski definition) is 0. The van der Waals surface area contributed by atoms with E-state index in [1.54, 1.807) is 0 Å². The first kappa shape index (κ1) is 18.3. The van der Waals surface area contributed by atoms with Gasteiger partial charge >= 0.3 is 0 Å². The molecular weight excluding hydrogens is 254 g/mol. The molecule has 0 aromatic carbocycles. The Bertz CT molecular complexity index is 175. The van der Waals surface area contributed by atoms with Crippen LogP contribution in [0.4, 0.5) is 0 Å². The zero-order valence-electron chi connectivity index (χ0n) is 12.3. The van der Waals surface area contributed by atoms with Gasteiger partial charge in [0.25, 0.3) is 0 Å². The third kappa shape index (κ3) is 16.3. The summed E-state index contributed by atoms with van der Waals surface area (Å²) >= 11 is 0. The Morgan fingerprint density at radius 2 is 1.06 bits per heavy atom. The average molecular weight is 284 g/mol. The minimum Gasteiger partial charge on any atom is -0.0834 e. The monoisotopic (exact) mass is 284 g/mol. The molecule has 0 bridgehead atoms. The first-order valence-electron chi connectivity index (χ1n) is 7.61. The minimum absolute atomic E-state index is 1.27. The summed E-state index contributed by atoms with van der Waals surface area (Å²) in [5.41, 5.74) is 0. The molecule has 0 aromatic heterocycles. The lowest BCUT2D eigenvalue weighted by atomic mass is 10.2. The Morgan fingerprint density at radius 1 is 0.611 bits per heavy atom. The van der Waals surface area contributed by atoms with Crippen molar-refractivity contribution in [3.05, 3.63) is 23.8 Å². The van der Waals surface area contributed by atoms with E-state index in [1.165, 1.54) is 80.7 Å². The average Bonchev–Trinajstić information content (AvgIpc) is 2.39. The summed E-state index contributed by atoms with van der Waals surface area (Å²) in [7, 11) is 2.85. The van der Waals surface area contributed by atoms with Gasteiger partial charge in [-0.3, -0.25) is 0 Å². The van der Waals surface area contributed by atoms with E-state index in [0.717, 1.165) is 0 Å². The van der Waals surface area contributed by atoms with Gasteiger partial charge in [0, 0.05) is 0 Å². The van der Waals surface area contributed by atoms with Gasteiger partial charge in [-0.2, -0.15) is 0 Å². The van der Waals surface area contributed by atoms with E-state index in [4.69, 9.17) is 0 Å². The molecule has 0 aromatic rings. The molecule has 104 valence electrons. The SMILES string of the molecule is CCCCCCC=C[P][P]C=CCCCCCC. The zero-order valence-corrected chi connectivity index (χ0v) is 14.1. The van der Waals surface area contributed by atoms with Crippen molar-refractivity contribution in [2.45, 2.75) is 78.1 Å². The second-order valence-electron chi connectivity index (χ2n) is 4.70. The van der Waals surface area contributed by atoms with Crippen molar-refractivity contribution in [2.75, 3.05) is 0 Å². The van der Waals surface area contributed by atoms with Crippen LogP contribution in [0.1, 0.15) is 78.1 Å². The summed E-state index contributed by atoms with van der Waals surface area (Å²) < 4.78 is 0. The van der Waals surface area contributed by atoms with Crippen LogP contribution in [0.3, 0.4) is 0 Å². The molecule has 0 aliphatic rings. The van der Waals surface area contributed by atoms with Gasteiger partial charge in [0.1, 0.15) is 0 Å². The van der Waals surface area contributed by atoms with Crippen LogP contribution in [0, 0.1) is 0 Å². The molecule has 18 heavy (non-hydrogen) atoms. The Hall–Kier alpha value is 0.340. The fourth-order valence-electron chi connectivity index (χ4n) is 1.70. The Kier molecular flexibility index (Phi) is 17.7. The van der Waals surface area contributed by atoms with Crippen molar-refractivity contribution in [1.82, 2.24) is 0 Å². The second-order valence-corrected chi connectivity index (χ2v) is 7.14. The van der Waals surface area contributed by atoms with Crippen LogP contribution in [0.15, 0.2) is 23.8 Å². The Labute approximate surface area is 119 Å². The van der Waals surface area contributed by atoms with Crippen LogP contribution in [0.25, 0.3) is 0 Å². The molecule has 0 aliphatic heterocycles. The van der Waals surface area contributed by atoms with E-state index in [1.807, 2.05) is 0 Å². The fourth-order valence-corrected chi connectivity index (χ4v) is 3.37. The number of allylic oxidation sites excluding steroid dienone is 2. The van der Waals surface area contributed by atoms with Gasteiger partial charge in [0.05, 0.1) is 0 Å². The highest BCUT2D eigenvalue weighted by atomic mass is 32.0. The van der Waals surface area contributed by atoms with E-state index in [0.29, 0.717) is 0 Å². The molecule has 0 aliphatic carbocycles. The van der Waals surface area contributed by atoms with Crippen molar-refractivity contribution in [2.24, 2.45) is 0 Å². The second kappa shape index (κ2) is 17.3. The normalized spacial score (nSPS) is 13.2. The summed E-state index contributed by atoms with van der Waals surface area (Å²) in [5, 5.41) is 0. The molecule has 0 saturated heterocycles. The lowest BCUT2D eigenvalue weighted by Crippen LogP contribution is -1.72. The summed E-state index contributed by atoms with van der Waals surface area (Å²) in [5.74, 6) is 4.63. The maximum Gasteiger partial charge on any atom is -0.0146 e. The van der Waals surface area contributed by atoms with Crippen molar-refractivity contribution in [3.63, 3.8) is 0 Å². The van der Waals surface area contributed by atoms with Crippen LogP contribution in [-0.2, 0) is 0 Å². The molecule has 0 amide bonds. The first-order chi connectivity index (χ1) is 8.91. The molecule has 2 radical (unpaired) electrons. The summed E-state index contributed by atoms with van der Waals surface area (Å²) in [6.07, 6.45) is 18.2. The molecule has 0 atom stereocenters. The number of rotatable bonds is 13. The molecule has 0 unspecified atom stereocenters. The predicted octanol–water partition coefficient (Wildman–Crippen LogP) is 7.76. The van der Waals surface area contributed by atoms with Crippen molar-refractivity contribution >= 4 is 16.5 Å². The van der Waals surface area contributed by atoms with Crippen molar-refractivity contribution < 1.29 is 0 Å². The van der Waals surface area contributed by atoms with Gasteiger partial charge in [-0.1, -0.05) is 76.2 Å². The lowest BCUT2D eigenvalue weighted by molar-refractivity contribution is 0.675. The van der Waals surface area contributed by atoms with Gasteiger partial charge < -0.3 is 0 Å². The van der Waals surface area contributed by atoms with E-state index in [9.17, 15) is 0 Å². The Balaban J connectivity index is 3.13. The topological polar surface area (TPSA) is 0 Å². The van der Waals surface area contributed by atoms with Gasteiger partial charge in [0.2, 0.25) is 0 Å². The van der Waals surface area contributed by atoms with Crippen LogP contribution < -0.4 is 0 Å². The van der Waals surface area contributed by atoms with Gasteiger partial charge in [0.15, 0.2) is 0 Å². The third-order valence-corrected chi connectivity index (χ3v) is 4.88. The molecular formula is C16H30P2. The quantitative estimate of drug-likeness (QED) is 0.239. The molecule has 2 heteroatoms. The third-order valence-electron chi connectivity index (χ3n) is 2.86. The van der Waals surface area contributed by atoms with Gasteiger partial charge in [-0.15, -0.1) is 0 Å². The highest BCUT2D eigenvalue weighted by Gasteiger charge is 1.86. The molecule has 0 saturated carbocycles. The number of hydrogen-bond acceptors (Lipinski definition) is 0. The van der Waals surface area contributed by atoms with E-state index >= 15 is 0 Å². The summed E-state index contributed by atoms with van der Waals surface area (Å²) in [6.45, 7) is 4.53. The largest absolute Gasteiger partial charge is 0.0834 e. The molecule has 0 fully saturated rings. The maximum atomic E-state index is 2.35. The standard InChI is InChI=1S/C16H30P2/c1-3-5-7-9-11-13-15-17-18-16-14-12-10-8-6-4-2/h13-16H,3-12H2,1-2H3. The highest BCUT2D eigenvalue weighted by molar-refractivity contribution is 8.14. The summed E-state index contributed by atoms with van der Waals surface area (Å²) in [6, 6.07) is 0.